The van der Waals surface area contributed by atoms with Crippen LogP contribution in [0.2, 0.25) is 0 Å². The summed E-state index contributed by atoms with van der Waals surface area (Å²) in [5.74, 6) is 1.10. The monoisotopic (exact) mass is 303 g/mol. The van der Waals surface area contributed by atoms with E-state index in [9.17, 15) is 5.11 Å². The highest BCUT2D eigenvalue weighted by Crippen LogP contribution is 2.49. The smallest absolute Gasteiger partial charge is 0.165 e. The highest BCUT2D eigenvalue weighted by molar-refractivity contribution is 5.59. The van der Waals surface area contributed by atoms with Gasteiger partial charge in [-0.05, 0) is 61.6 Å². The predicted octanol–water partition coefficient (Wildman–Crippen LogP) is 4.09. The molecule has 1 aromatic rings. The lowest BCUT2D eigenvalue weighted by atomic mass is 9.94. The molecule has 0 amide bonds. The SMILES string of the molecule is CCCC1(CCC)OC1=Cc1ccc(C)c(C(O)CCN)c1. The van der Waals surface area contributed by atoms with Gasteiger partial charge in [-0.15, -0.1) is 0 Å². The van der Waals surface area contributed by atoms with E-state index in [1.165, 1.54) is 0 Å². The van der Waals surface area contributed by atoms with Gasteiger partial charge >= 0.3 is 0 Å². The van der Waals surface area contributed by atoms with Crippen LogP contribution < -0.4 is 5.73 Å². The van der Waals surface area contributed by atoms with E-state index in [0.717, 1.165) is 48.1 Å². The molecule has 0 aliphatic carbocycles. The highest BCUT2D eigenvalue weighted by Gasteiger charge is 2.50. The normalized spacial score (nSPS) is 19.0. The summed E-state index contributed by atoms with van der Waals surface area (Å²) < 4.78 is 5.95. The Bertz CT molecular complexity index is 530. The summed E-state index contributed by atoms with van der Waals surface area (Å²) in [6, 6.07) is 6.21. The Balaban J connectivity index is 2.20. The molecule has 0 saturated carbocycles. The lowest BCUT2D eigenvalue weighted by molar-refractivity contribution is 0.169. The molecule has 1 aliphatic heterocycles. The molecule has 0 radical (unpaired) electrons. The van der Waals surface area contributed by atoms with Crippen molar-refractivity contribution in [2.45, 2.75) is 64.6 Å². The average Bonchev–Trinajstić information content (AvgIpc) is 3.14. The zero-order chi connectivity index (χ0) is 16.2. The molecule has 122 valence electrons. The van der Waals surface area contributed by atoms with Gasteiger partial charge in [-0.25, -0.2) is 0 Å². The zero-order valence-electron chi connectivity index (χ0n) is 14.1. The molecular weight excluding hydrogens is 274 g/mol. The Kier molecular flexibility index (Phi) is 5.65. The Morgan fingerprint density at radius 2 is 1.95 bits per heavy atom. The van der Waals surface area contributed by atoms with Crippen molar-refractivity contribution in [2.75, 3.05) is 6.54 Å². The second-order valence-electron chi connectivity index (χ2n) is 6.31. The summed E-state index contributed by atoms with van der Waals surface area (Å²) in [5.41, 5.74) is 8.70. The van der Waals surface area contributed by atoms with Crippen LogP contribution in [0.4, 0.5) is 0 Å². The van der Waals surface area contributed by atoms with Crippen LogP contribution in [0.3, 0.4) is 0 Å². The minimum atomic E-state index is -0.487. The van der Waals surface area contributed by atoms with Gasteiger partial charge in [-0.1, -0.05) is 38.8 Å². The van der Waals surface area contributed by atoms with E-state index in [1.807, 2.05) is 6.92 Å². The molecule has 0 spiro atoms. The molecular formula is C19H29NO2. The molecule has 1 aliphatic rings. The van der Waals surface area contributed by atoms with Gasteiger partial charge < -0.3 is 15.6 Å². The van der Waals surface area contributed by atoms with E-state index in [4.69, 9.17) is 10.5 Å². The maximum Gasteiger partial charge on any atom is 0.165 e. The number of aryl methyl sites for hydroxylation is 1. The quantitative estimate of drug-likeness (QED) is 0.711. The van der Waals surface area contributed by atoms with Gasteiger partial charge in [0.2, 0.25) is 0 Å². The molecule has 1 aromatic carbocycles. The first-order valence-electron chi connectivity index (χ1n) is 8.46. The Morgan fingerprint density at radius 3 is 2.55 bits per heavy atom. The third-order valence-electron chi connectivity index (χ3n) is 4.42. The van der Waals surface area contributed by atoms with Crippen molar-refractivity contribution < 1.29 is 9.84 Å². The molecule has 1 unspecified atom stereocenters. The number of ether oxygens (including phenoxy) is 1. The number of nitrogens with two attached hydrogens (primary N) is 1. The number of hydrogen-bond donors (Lipinski definition) is 2. The number of aliphatic hydroxyl groups excluding tert-OH is 1. The maximum atomic E-state index is 10.2. The summed E-state index contributed by atoms with van der Waals surface area (Å²) in [6.45, 7) is 6.91. The fourth-order valence-corrected chi connectivity index (χ4v) is 3.20. The lowest BCUT2D eigenvalue weighted by Crippen LogP contribution is -2.09. The minimum Gasteiger partial charge on any atom is -0.479 e. The second-order valence-corrected chi connectivity index (χ2v) is 6.31. The first-order valence-corrected chi connectivity index (χ1v) is 8.46. The van der Waals surface area contributed by atoms with Gasteiger partial charge in [0.05, 0.1) is 6.10 Å². The number of benzene rings is 1. The zero-order valence-corrected chi connectivity index (χ0v) is 14.1. The van der Waals surface area contributed by atoms with Crippen molar-refractivity contribution in [3.05, 3.63) is 40.6 Å². The molecule has 22 heavy (non-hydrogen) atoms. The molecule has 0 aromatic heterocycles. The van der Waals surface area contributed by atoms with Gasteiger partial charge in [0.25, 0.3) is 0 Å². The molecule has 0 bridgehead atoms. The van der Waals surface area contributed by atoms with Crippen LogP contribution in [0, 0.1) is 6.92 Å². The Hall–Kier alpha value is -1.32. The topological polar surface area (TPSA) is 58.8 Å². The van der Waals surface area contributed by atoms with Crippen LogP contribution in [-0.4, -0.2) is 17.3 Å². The van der Waals surface area contributed by atoms with Crippen molar-refractivity contribution in [1.29, 1.82) is 0 Å². The Morgan fingerprint density at radius 1 is 1.27 bits per heavy atom. The molecule has 1 atom stereocenters. The summed E-state index contributed by atoms with van der Waals surface area (Å²) in [4.78, 5) is 0. The first-order chi connectivity index (χ1) is 10.6. The van der Waals surface area contributed by atoms with E-state index in [2.05, 4.69) is 38.1 Å². The van der Waals surface area contributed by atoms with Crippen molar-refractivity contribution in [2.24, 2.45) is 5.73 Å². The fraction of sp³-hybridized carbons (Fsp3) is 0.579. The summed E-state index contributed by atoms with van der Waals surface area (Å²) in [5, 5.41) is 10.2. The molecule has 2 rings (SSSR count). The van der Waals surface area contributed by atoms with Crippen LogP contribution >= 0.6 is 0 Å². The van der Waals surface area contributed by atoms with Crippen molar-refractivity contribution in [1.82, 2.24) is 0 Å². The standard InChI is InChI=1S/C19H29NO2/c1-4-9-19(10-5-2)18(22-19)13-15-7-6-14(3)16(12-15)17(21)8-11-20/h6-7,12-13,17,21H,4-5,8-11,20H2,1-3H3. The van der Waals surface area contributed by atoms with E-state index in [1.54, 1.807) is 0 Å². The van der Waals surface area contributed by atoms with E-state index >= 15 is 0 Å². The maximum absolute atomic E-state index is 10.2. The third kappa shape index (κ3) is 3.71. The van der Waals surface area contributed by atoms with Gasteiger partial charge in [-0.3, -0.25) is 0 Å². The van der Waals surface area contributed by atoms with Crippen LogP contribution in [-0.2, 0) is 4.74 Å². The van der Waals surface area contributed by atoms with Gasteiger partial charge in [0.15, 0.2) is 5.60 Å². The first kappa shape index (κ1) is 17.0. The predicted molar refractivity (Wildman–Crippen MR) is 91.4 cm³/mol. The molecule has 3 nitrogen and oxygen atoms in total. The number of aliphatic hydroxyl groups is 1. The third-order valence-corrected chi connectivity index (χ3v) is 4.42. The van der Waals surface area contributed by atoms with Gasteiger partial charge in [0.1, 0.15) is 5.76 Å². The molecule has 1 fully saturated rings. The van der Waals surface area contributed by atoms with Crippen molar-refractivity contribution in [3.63, 3.8) is 0 Å². The van der Waals surface area contributed by atoms with Crippen LogP contribution in [0.15, 0.2) is 24.0 Å². The van der Waals surface area contributed by atoms with Crippen LogP contribution in [0.1, 0.15) is 68.7 Å². The summed E-state index contributed by atoms with van der Waals surface area (Å²) >= 11 is 0. The highest BCUT2D eigenvalue weighted by atomic mass is 16.6. The summed E-state index contributed by atoms with van der Waals surface area (Å²) in [6.07, 6.45) is 6.66. The van der Waals surface area contributed by atoms with Crippen LogP contribution in [0.25, 0.3) is 6.08 Å². The number of hydrogen-bond acceptors (Lipinski definition) is 3. The van der Waals surface area contributed by atoms with E-state index in [-0.39, 0.29) is 5.60 Å². The lowest BCUT2D eigenvalue weighted by Gasteiger charge is -2.13. The second kappa shape index (κ2) is 7.30. The van der Waals surface area contributed by atoms with Gasteiger partial charge in [-0.2, -0.15) is 0 Å². The summed E-state index contributed by atoms with van der Waals surface area (Å²) in [7, 11) is 0. The molecule has 3 heteroatoms. The van der Waals surface area contributed by atoms with Crippen molar-refractivity contribution >= 4 is 6.08 Å². The number of rotatable bonds is 8. The largest absolute Gasteiger partial charge is 0.479 e. The Labute approximate surface area is 134 Å². The average molecular weight is 303 g/mol. The molecule has 3 N–H and O–H groups in total. The van der Waals surface area contributed by atoms with E-state index in [0.29, 0.717) is 13.0 Å². The number of epoxide rings is 1. The molecule has 1 heterocycles. The van der Waals surface area contributed by atoms with Crippen molar-refractivity contribution in [3.8, 4) is 0 Å². The van der Waals surface area contributed by atoms with Gasteiger partial charge in [0, 0.05) is 0 Å². The fourth-order valence-electron chi connectivity index (χ4n) is 3.20. The van der Waals surface area contributed by atoms with E-state index < -0.39 is 6.10 Å². The van der Waals surface area contributed by atoms with Crippen LogP contribution in [0.5, 0.6) is 0 Å². The minimum absolute atomic E-state index is 0.0234. The molecule has 1 saturated heterocycles.